The molecule has 158 valence electrons. The van der Waals surface area contributed by atoms with Gasteiger partial charge in [0.2, 0.25) is 0 Å². The summed E-state index contributed by atoms with van der Waals surface area (Å²) >= 11 is 1.49. The van der Waals surface area contributed by atoms with E-state index in [1.54, 1.807) is 7.11 Å². The minimum absolute atomic E-state index is 0.212. The van der Waals surface area contributed by atoms with Crippen LogP contribution in [0.5, 0.6) is 11.5 Å². The molecule has 1 aromatic carbocycles. The third-order valence-electron chi connectivity index (χ3n) is 5.53. The molecule has 1 atom stereocenters. The fraction of sp³-hybridized carbons (Fsp3) is 0.391. The zero-order valence-corrected chi connectivity index (χ0v) is 18.1. The molecule has 2 aliphatic rings. The number of hydrogen-bond acceptors (Lipinski definition) is 6. The summed E-state index contributed by atoms with van der Waals surface area (Å²) in [6, 6.07) is 11.1. The summed E-state index contributed by atoms with van der Waals surface area (Å²) in [7, 11) is 1.61. The summed E-state index contributed by atoms with van der Waals surface area (Å²) in [6.45, 7) is 4.26. The van der Waals surface area contributed by atoms with Gasteiger partial charge in [-0.15, -0.1) is 11.3 Å². The lowest BCUT2D eigenvalue weighted by Gasteiger charge is -2.33. The maximum Gasteiger partial charge on any atom is 0.278 e. The minimum atomic E-state index is -0.228. The van der Waals surface area contributed by atoms with Gasteiger partial charge in [-0.25, -0.2) is 0 Å². The maximum absolute atomic E-state index is 13.3. The van der Waals surface area contributed by atoms with Crippen LogP contribution in [0.15, 0.2) is 47.5 Å². The van der Waals surface area contributed by atoms with Crippen molar-refractivity contribution in [1.82, 2.24) is 9.80 Å². The molecule has 1 aromatic heterocycles. The minimum Gasteiger partial charge on any atom is -0.497 e. The molecule has 3 heterocycles. The van der Waals surface area contributed by atoms with E-state index in [9.17, 15) is 9.59 Å². The third kappa shape index (κ3) is 4.07. The van der Waals surface area contributed by atoms with Crippen LogP contribution in [-0.4, -0.2) is 55.0 Å². The number of thiophene rings is 1. The number of methoxy groups -OCH3 is 1. The predicted molar refractivity (Wildman–Crippen MR) is 116 cm³/mol. The second-order valence-electron chi connectivity index (χ2n) is 7.68. The highest BCUT2D eigenvalue weighted by Crippen LogP contribution is 2.35. The number of likely N-dealkylation sites (tertiary alicyclic amines) is 1. The molecule has 1 fully saturated rings. The van der Waals surface area contributed by atoms with Crippen LogP contribution in [0.4, 0.5) is 0 Å². The molecular weight excluding hydrogens is 400 g/mol. The monoisotopic (exact) mass is 426 g/mol. The van der Waals surface area contributed by atoms with Crippen LogP contribution in [0.2, 0.25) is 0 Å². The van der Waals surface area contributed by atoms with Gasteiger partial charge in [0.25, 0.3) is 11.8 Å². The van der Waals surface area contributed by atoms with Crippen LogP contribution in [-0.2, 0) is 9.59 Å². The van der Waals surface area contributed by atoms with Gasteiger partial charge in [-0.1, -0.05) is 13.0 Å². The molecule has 0 radical (unpaired) electrons. The van der Waals surface area contributed by atoms with Crippen molar-refractivity contribution in [3.63, 3.8) is 0 Å². The van der Waals surface area contributed by atoms with Crippen molar-refractivity contribution >= 4 is 28.7 Å². The summed E-state index contributed by atoms with van der Waals surface area (Å²) in [6.07, 6.45) is 2.18. The van der Waals surface area contributed by atoms with Crippen molar-refractivity contribution < 1.29 is 19.1 Å². The van der Waals surface area contributed by atoms with Crippen molar-refractivity contribution in [1.29, 1.82) is 0 Å². The predicted octanol–water partition coefficient (Wildman–Crippen LogP) is 3.65. The van der Waals surface area contributed by atoms with Crippen LogP contribution in [0.25, 0.3) is 5.57 Å². The van der Waals surface area contributed by atoms with Gasteiger partial charge >= 0.3 is 0 Å². The highest BCUT2D eigenvalue weighted by Gasteiger charge is 2.42. The Morgan fingerprint density at radius 1 is 1.10 bits per heavy atom. The van der Waals surface area contributed by atoms with E-state index in [1.807, 2.05) is 41.8 Å². The van der Waals surface area contributed by atoms with Crippen LogP contribution >= 0.6 is 11.3 Å². The lowest BCUT2D eigenvalue weighted by Crippen LogP contribution is -2.40. The van der Waals surface area contributed by atoms with Crippen molar-refractivity contribution in [2.45, 2.75) is 19.8 Å². The number of nitrogens with zero attached hydrogens (tertiary/aromatic N) is 2. The zero-order chi connectivity index (χ0) is 21.1. The Hall–Kier alpha value is -2.80. The van der Waals surface area contributed by atoms with E-state index in [-0.39, 0.29) is 25.0 Å². The second kappa shape index (κ2) is 8.92. The maximum atomic E-state index is 13.3. The van der Waals surface area contributed by atoms with Crippen LogP contribution < -0.4 is 9.47 Å². The molecule has 0 spiro atoms. The topological polar surface area (TPSA) is 59.1 Å². The average molecular weight is 427 g/mol. The largest absolute Gasteiger partial charge is 0.497 e. The average Bonchev–Trinajstić information content (AvgIpc) is 3.36. The van der Waals surface area contributed by atoms with Crippen molar-refractivity contribution in [2.24, 2.45) is 5.92 Å². The summed E-state index contributed by atoms with van der Waals surface area (Å²) in [5.41, 5.74) is 1.09. The Labute approximate surface area is 180 Å². The summed E-state index contributed by atoms with van der Waals surface area (Å²) < 4.78 is 10.9. The van der Waals surface area contributed by atoms with Gasteiger partial charge in [0.05, 0.1) is 19.2 Å². The second-order valence-corrected chi connectivity index (χ2v) is 8.63. The number of amides is 2. The number of carbonyl (C=O) groups is 2. The Morgan fingerprint density at radius 3 is 2.53 bits per heavy atom. The smallest absolute Gasteiger partial charge is 0.278 e. The Balaban J connectivity index is 1.50. The molecule has 2 aliphatic heterocycles. The number of ether oxygens (including phenoxy) is 2. The van der Waals surface area contributed by atoms with E-state index < -0.39 is 0 Å². The fourth-order valence-corrected chi connectivity index (χ4v) is 4.78. The summed E-state index contributed by atoms with van der Waals surface area (Å²) in [5, 5.41) is 1.94. The molecule has 1 unspecified atom stereocenters. The van der Waals surface area contributed by atoms with Gasteiger partial charge in [-0.05, 0) is 54.5 Å². The number of hydrogen-bond donors (Lipinski definition) is 0. The highest BCUT2D eigenvalue weighted by atomic mass is 32.1. The molecule has 4 rings (SSSR count). The first-order chi connectivity index (χ1) is 14.6. The summed E-state index contributed by atoms with van der Waals surface area (Å²) in [5.74, 6) is 1.49. The molecule has 0 bridgehead atoms. The van der Waals surface area contributed by atoms with E-state index in [4.69, 9.17) is 9.47 Å². The van der Waals surface area contributed by atoms with Crippen molar-refractivity contribution in [2.75, 3.05) is 33.4 Å². The van der Waals surface area contributed by atoms with Crippen LogP contribution in [0.1, 0.15) is 24.6 Å². The molecule has 7 heteroatoms. The molecule has 0 saturated carbocycles. The van der Waals surface area contributed by atoms with E-state index in [0.717, 1.165) is 36.6 Å². The lowest BCUT2D eigenvalue weighted by atomic mass is 9.99. The third-order valence-corrected chi connectivity index (χ3v) is 6.41. The van der Waals surface area contributed by atoms with Crippen LogP contribution in [0, 0.1) is 5.92 Å². The Morgan fingerprint density at radius 2 is 1.87 bits per heavy atom. The number of piperidine rings is 1. The molecule has 1 saturated heterocycles. The van der Waals surface area contributed by atoms with E-state index >= 15 is 0 Å². The first-order valence-corrected chi connectivity index (χ1v) is 11.1. The molecule has 0 N–H and O–H groups in total. The number of benzene rings is 1. The molecular formula is C23H26N2O4S. The van der Waals surface area contributed by atoms with E-state index in [0.29, 0.717) is 22.9 Å². The van der Waals surface area contributed by atoms with Crippen LogP contribution in [0.3, 0.4) is 0 Å². The van der Waals surface area contributed by atoms with Gasteiger partial charge in [0.1, 0.15) is 23.8 Å². The first kappa shape index (κ1) is 20.5. The number of imide groups is 1. The van der Waals surface area contributed by atoms with Crippen molar-refractivity contribution in [3.8, 4) is 11.5 Å². The molecule has 2 aromatic rings. The quantitative estimate of drug-likeness (QED) is 0.633. The van der Waals surface area contributed by atoms with Gasteiger partial charge in [-0.3, -0.25) is 14.5 Å². The van der Waals surface area contributed by atoms with Gasteiger partial charge in [-0.2, -0.15) is 0 Å². The van der Waals surface area contributed by atoms with Crippen molar-refractivity contribution in [3.05, 3.63) is 52.4 Å². The normalized spacial score (nSPS) is 19.6. The molecule has 6 nitrogen and oxygen atoms in total. The lowest BCUT2D eigenvalue weighted by molar-refractivity contribution is -0.138. The first-order valence-electron chi connectivity index (χ1n) is 10.2. The zero-order valence-electron chi connectivity index (χ0n) is 17.3. The molecule has 2 amide bonds. The number of carbonyl (C=O) groups excluding carboxylic acids is 2. The standard InChI is InChI=1S/C23H26N2O4S/c1-16-5-3-11-24(15-16)21-20(19-6-4-14-30-19)22(26)25(23(21)27)12-13-29-18-9-7-17(28-2)8-10-18/h4,6-10,14,16H,3,5,11-13,15H2,1-2H3. The van der Waals surface area contributed by atoms with Gasteiger partial charge in [0.15, 0.2) is 0 Å². The van der Waals surface area contributed by atoms with Gasteiger partial charge in [0, 0.05) is 18.0 Å². The fourth-order valence-electron chi connectivity index (χ4n) is 4.02. The Bertz CT molecular complexity index is 937. The van der Waals surface area contributed by atoms with Gasteiger partial charge < -0.3 is 14.4 Å². The Kier molecular flexibility index (Phi) is 6.08. The molecule has 30 heavy (non-hydrogen) atoms. The van der Waals surface area contributed by atoms with E-state index in [2.05, 4.69) is 11.8 Å². The summed E-state index contributed by atoms with van der Waals surface area (Å²) in [4.78, 5) is 30.8. The number of rotatable bonds is 7. The molecule has 0 aliphatic carbocycles. The van der Waals surface area contributed by atoms with E-state index in [1.165, 1.54) is 16.2 Å². The highest BCUT2D eigenvalue weighted by molar-refractivity contribution is 7.11. The SMILES string of the molecule is COc1ccc(OCCN2C(=O)C(c3cccs3)=C(N3CCCC(C)C3)C2=O)cc1.